The van der Waals surface area contributed by atoms with E-state index in [0.717, 1.165) is 42.5 Å². The third-order valence-corrected chi connectivity index (χ3v) is 4.71. The molecule has 0 bridgehead atoms. The molecule has 5 heteroatoms. The highest BCUT2D eigenvalue weighted by molar-refractivity contribution is 8.00. The minimum atomic E-state index is 0.209. The first kappa shape index (κ1) is 15.0. The third-order valence-electron chi connectivity index (χ3n) is 3.68. The van der Waals surface area contributed by atoms with E-state index in [4.69, 9.17) is 10.5 Å². The maximum atomic E-state index is 12.2. The Bertz CT molecular complexity index is 471. The average Bonchev–Trinajstić information content (AvgIpc) is 2.46. The number of amides is 1. The summed E-state index contributed by atoms with van der Waals surface area (Å²) in [5, 5.41) is 0. The molecule has 1 aromatic rings. The van der Waals surface area contributed by atoms with Crippen molar-refractivity contribution in [2.24, 2.45) is 5.92 Å². The van der Waals surface area contributed by atoms with Crippen molar-refractivity contribution in [3.63, 3.8) is 0 Å². The monoisotopic (exact) mass is 294 g/mol. The molecule has 0 radical (unpaired) electrons. The van der Waals surface area contributed by atoms with E-state index < -0.39 is 0 Å². The molecule has 1 aliphatic rings. The molecule has 0 saturated carbocycles. The molecular formula is C15H22N2O2S. The van der Waals surface area contributed by atoms with E-state index >= 15 is 0 Å². The zero-order valence-corrected chi connectivity index (χ0v) is 12.9. The first-order chi connectivity index (χ1) is 9.60. The van der Waals surface area contributed by atoms with Crippen molar-refractivity contribution in [2.75, 3.05) is 31.7 Å². The van der Waals surface area contributed by atoms with Crippen LogP contribution >= 0.6 is 11.8 Å². The number of rotatable bonds is 4. The molecule has 2 N–H and O–H groups in total. The molecule has 1 amide bonds. The van der Waals surface area contributed by atoms with E-state index in [1.165, 1.54) is 11.8 Å². The van der Waals surface area contributed by atoms with Gasteiger partial charge in [-0.25, -0.2) is 0 Å². The number of hydrogen-bond acceptors (Lipinski definition) is 4. The molecule has 20 heavy (non-hydrogen) atoms. The average molecular weight is 294 g/mol. The van der Waals surface area contributed by atoms with Gasteiger partial charge in [-0.3, -0.25) is 4.79 Å². The fourth-order valence-electron chi connectivity index (χ4n) is 2.29. The van der Waals surface area contributed by atoms with Gasteiger partial charge in [0.2, 0.25) is 5.91 Å². The molecule has 1 aromatic carbocycles. The number of thioether (sulfide) groups is 1. The fraction of sp³-hybridized carbons (Fsp3) is 0.533. The van der Waals surface area contributed by atoms with E-state index in [2.05, 4.69) is 6.92 Å². The van der Waals surface area contributed by atoms with Gasteiger partial charge in [-0.1, -0.05) is 6.92 Å². The number of methoxy groups -OCH3 is 1. The molecule has 1 fully saturated rings. The van der Waals surface area contributed by atoms with Gasteiger partial charge in [-0.2, -0.15) is 0 Å². The molecule has 1 heterocycles. The van der Waals surface area contributed by atoms with Gasteiger partial charge in [0.25, 0.3) is 0 Å². The molecule has 4 nitrogen and oxygen atoms in total. The van der Waals surface area contributed by atoms with Crippen molar-refractivity contribution in [3.05, 3.63) is 18.2 Å². The summed E-state index contributed by atoms with van der Waals surface area (Å²) in [7, 11) is 1.62. The highest BCUT2D eigenvalue weighted by atomic mass is 32.2. The van der Waals surface area contributed by atoms with E-state index in [1.807, 2.05) is 17.0 Å². The standard InChI is InChI=1S/C15H22N2O2S/c1-11-5-7-17(8-6-11)15(18)10-20-14-4-3-12(16)9-13(14)19-2/h3-4,9,11H,5-8,10,16H2,1-2H3. The van der Waals surface area contributed by atoms with Crippen molar-refractivity contribution >= 4 is 23.4 Å². The first-order valence-electron chi connectivity index (χ1n) is 6.94. The van der Waals surface area contributed by atoms with Crippen LogP contribution in [0.5, 0.6) is 5.75 Å². The molecule has 1 saturated heterocycles. The molecule has 0 unspecified atom stereocenters. The SMILES string of the molecule is COc1cc(N)ccc1SCC(=O)N1CCC(C)CC1. The van der Waals surface area contributed by atoms with Gasteiger partial charge in [-0.15, -0.1) is 11.8 Å². The molecule has 1 aliphatic heterocycles. The van der Waals surface area contributed by atoms with Crippen molar-refractivity contribution in [1.82, 2.24) is 4.90 Å². The van der Waals surface area contributed by atoms with Crippen LogP contribution in [0.1, 0.15) is 19.8 Å². The van der Waals surface area contributed by atoms with Crippen LogP contribution in [0.15, 0.2) is 23.1 Å². The van der Waals surface area contributed by atoms with E-state index in [9.17, 15) is 4.79 Å². The Morgan fingerprint density at radius 1 is 1.45 bits per heavy atom. The first-order valence-corrected chi connectivity index (χ1v) is 7.93. The van der Waals surface area contributed by atoms with Crippen molar-refractivity contribution in [1.29, 1.82) is 0 Å². The van der Waals surface area contributed by atoms with Crippen LogP contribution in [0.2, 0.25) is 0 Å². The van der Waals surface area contributed by atoms with E-state index in [0.29, 0.717) is 11.4 Å². The lowest BCUT2D eigenvalue weighted by Gasteiger charge is -2.30. The second kappa shape index (κ2) is 6.88. The third kappa shape index (κ3) is 3.82. The summed E-state index contributed by atoms with van der Waals surface area (Å²) >= 11 is 1.51. The van der Waals surface area contributed by atoms with Gasteiger partial charge >= 0.3 is 0 Å². The molecular weight excluding hydrogens is 272 g/mol. The minimum Gasteiger partial charge on any atom is -0.496 e. The summed E-state index contributed by atoms with van der Waals surface area (Å²) in [5.41, 5.74) is 6.39. The van der Waals surface area contributed by atoms with Gasteiger partial charge in [0, 0.05) is 29.7 Å². The Hall–Kier alpha value is -1.36. The van der Waals surface area contributed by atoms with Crippen LogP contribution in [-0.4, -0.2) is 36.8 Å². The zero-order valence-electron chi connectivity index (χ0n) is 12.1. The predicted octanol–water partition coefficient (Wildman–Crippen LogP) is 2.63. The number of likely N-dealkylation sites (tertiary alicyclic amines) is 1. The number of carbonyl (C=O) groups excluding carboxylic acids is 1. The van der Waals surface area contributed by atoms with Crippen LogP contribution < -0.4 is 10.5 Å². The largest absolute Gasteiger partial charge is 0.496 e. The van der Waals surface area contributed by atoms with Crippen molar-refractivity contribution < 1.29 is 9.53 Å². The summed E-state index contributed by atoms with van der Waals surface area (Å²) in [6, 6.07) is 5.53. The molecule has 110 valence electrons. The highest BCUT2D eigenvalue weighted by Crippen LogP contribution is 2.31. The maximum Gasteiger partial charge on any atom is 0.232 e. The number of piperidine rings is 1. The summed E-state index contributed by atoms with van der Waals surface area (Å²) in [6.07, 6.45) is 2.23. The van der Waals surface area contributed by atoms with Gasteiger partial charge in [0.1, 0.15) is 5.75 Å². The second-order valence-electron chi connectivity index (χ2n) is 5.26. The lowest BCUT2D eigenvalue weighted by Crippen LogP contribution is -2.38. The number of nitrogen functional groups attached to an aromatic ring is 1. The number of anilines is 1. The van der Waals surface area contributed by atoms with Crippen molar-refractivity contribution in [3.8, 4) is 5.75 Å². The number of nitrogens with zero attached hydrogens (tertiary/aromatic N) is 1. The smallest absolute Gasteiger partial charge is 0.232 e. The Morgan fingerprint density at radius 2 is 2.15 bits per heavy atom. The fourth-order valence-corrected chi connectivity index (χ4v) is 3.20. The predicted molar refractivity (Wildman–Crippen MR) is 83.1 cm³/mol. The van der Waals surface area contributed by atoms with E-state index in [1.54, 1.807) is 13.2 Å². The number of benzene rings is 1. The number of nitrogens with two attached hydrogens (primary N) is 1. The summed E-state index contributed by atoms with van der Waals surface area (Å²) < 4.78 is 5.29. The molecule has 0 aromatic heterocycles. The van der Waals surface area contributed by atoms with Crippen LogP contribution in [0.3, 0.4) is 0 Å². The topological polar surface area (TPSA) is 55.6 Å². The van der Waals surface area contributed by atoms with Gasteiger partial charge < -0.3 is 15.4 Å². The Labute approximate surface area is 124 Å². The van der Waals surface area contributed by atoms with Crippen LogP contribution in [0.4, 0.5) is 5.69 Å². The summed E-state index contributed by atoms with van der Waals surface area (Å²) in [6.45, 7) is 4.02. The minimum absolute atomic E-state index is 0.209. The molecule has 0 atom stereocenters. The molecule has 0 aliphatic carbocycles. The molecule has 2 rings (SSSR count). The van der Waals surface area contributed by atoms with Gasteiger partial charge in [0.15, 0.2) is 0 Å². The van der Waals surface area contributed by atoms with Gasteiger partial charge in [0.05, 0.1) is 12.9 Å². The zero-order chi connectivity index (χ0) is 14.5. The van der Waals surface area contributed by atoms with Crippen LogP contribution in [0, 0.1) is 5.92 Å². The van der Waals surface area contributed by atoms with Gasteiger partial charge in [-0.05, 0) is 30.9 Å². The van der Waals surface area contributed by atoms with Crippen LogP contribution in [-0.2, 0) is 4.79 Å². The number of ether oxygens (including phenoxy) is 1. The summed E-state index contributed by atoms with van der Waals surface area (Å²) in [4.78, 5) is 15.1. The maximum absolute atomic E-state index is 12.2. The summed E-state index contributed by atoms with van der Waals surface area (Å²) in [5.74, 6) is 2.13. The Morgan fingerprint density at radius 3 is 2.80 bits per heavy atom. The van der Waals surface area contributed by atoms with Crippen LogP contribution in [0.25, 0.3) is 0 Å². The highest BCUT2D eigenvalue weighted by Gasteiger charge is 2.20. The Balaban J connectivity index is 1.90. The quantitative estimate of drug-likeness (QED) is 0.685. The van der Waals surface area contributed by atoms with Crippen molar-refractivity contribution in [2.45, 2.75) is 24.7 Å². The number of hydrogen-bond donors (Lipinski definition) is 1. The lowest BCUT2D eigenvalue weighted by atomic mass is 9.99. The number of carbonyl (C=O) groups is 1. The van der Waals surface area contributed by atoms with E-state index in [-0.39, 0.29) is 5.91 Å². The normalized spacial score (nSPS) is 16.2. The lowest BCUT2D eigenvalue weighted by molar-refractivity contribution is -0.129. The molecule has 0 spiro atoms. The second-order valence-corrected chi connectivity index (χ2v) is 6.28. The Kier molecular flexibility index (Phi) is 5.17.